The molecule has 20 heavy (non-hydrogen) atoms. The molecule has 0 atom stereocenters. The third-order valence-electron chi connectivity index (χ3n) is 3.61. The van der Waals surface area contributed by atoms with Crippen molar-refractivity contribution >= 4 is 11.8 Å². The van der Waals surface area contributed by atoms with Crippen LogP contribution in [-0.2, 0) is 6.54 Å². The summed E-state index contributed by atoms with van der Waals surface area (Å²) in [6.45, 7) is 5.29. The average Bonchev–Trinajstić information content (AvgIpc) is 2.75. The molecule has 0 aromatic heterocycles. The summed E-state index contributed by atoms with van der Waals surface area (Å²) < 4.78 is 11.0. The number of ether oxygens (including phenoxy) is 2. The number of rotatable bonds is 5. The molecule has 2 rings (SSSR count). The predicted molar refractivity (Wildman–Crippen MR) is 84.1 cm³/mol. The highest BCUT2D eigenvalue weighted by Crippen LogP contribution is 2.35. The molecule has 0 bridgehead atoms. The summed E-state index contributed by atoms with van der Waals surface area (Å²) in [5, 5.41) is 3.43. The van der Waals surface area contributed by atoms with Gasteiger partial charge in [-0.25, -0.2) is 0 Å². The second kappa shape index (κ2) is 7.76. The monoisotopic (exact) mass is 296 g/mol. The van der Waals surface area contributed by atoms with Crippen LogP contribution in [0.3, 0.4) is 0 Å². The van der Waals surface area contributed by atoms with Crippen molar-refractivity contribution in [3.05, 3.63) is 17.7 Å². The zero-order chi connectivity index (χ0) is 14.4. The van der Waals surface area contributed by atoms with Crippen molar-refractivity contribution in [2.75, 3.05) is 46.7 Å². The number of nitrogens with zero attached hydrogens (tertiary/aromatic N) is 1. The van der Waals surface area contributed by atoms with Gasteiger partial charge in [0.25, 0.3) is 0 Å². The van der Waals surface area contributed by atoms with E-state index < -0.39 is 0 Å². The van der Waals surface area contributed by atoms with E-state index in [1.165, 1.54) is 12.0 Å². The maximum atomic E-state index is 5.55. The fourth-order valence-electron chi connectivity index (χ4n) is 2.52. The fraction of sp³-hybridized carbons (Fsp3) is 0.600. The molecule has 1 fully saturated rings. The quantitative estimate of drug-likeness (QED) is 0.843. The van der Waals surface area contributed by atoms with Gasteiger partial charge in [0, 0.05) is 25.2 Å². The molecule has 1 aliphatic rings. The lowest BCUT2D eigenvalue weighted by Crippen LogP contribution is -2.27. The second-order valence-electron chi connectivity index (χ2n) is 4.90. The minimum Gasteiger partial charge on any atom is -0.496 e. The van der Waals surface area contributed by atoms with Gasteiger partial charge in [-0.15, -0.1) is 11.8 Å². The highest BCUT2D eigenvalue weighted by atomic mass is 32.2. The Kier molecular flexibility index (Phi) is 6.01. The third-order valence-corrected chi connectivity index (χ3v) is 4.37. The Hall–Kier alpha value is -0.910. The van der Waals surface area contributed by atoms with Gasteiger partial charge < -0.3 is 14.8 Å². The minimum atomic E-state index is 0.913. The van der Waals surface area contributed by atoms with E-state index >= 15 is 0 Å². The molecule has 0 aliphatic carbocycles. The molecule has 0 spiro atoms. The van der Waals surface area contributed by atoms with E-state index in [-0.39, 0.29) is 0 Å². The first-order valence-corrected chi connectivity index (χ1v) is 8.23. The number of thioether (sulfide) groups is 1. The highest BCUT2D eigenvalue weighted by molar-refractivity contribution is 7.98. The molecular weight excluding hydrogens is 272 g/mol. The summed E-state index contributed by atoms with van der Waals surface area (Å²) in [4.78, 5) is 3.58. The minimum absolute atomic E-state index is 0.913. The molecule has 0 saturated carbocycles. The van der Waals surface area contributed by atoms with Gasteiger partial charge in [0.05, 0.1) is 19.1 Å². The molecule has 1 saturated heterocycles. The van der Waals surface area contributed by atoms with Gasteiger partial charge in [0.2, 0.25) is 0 Å². The van der Waals surface area contributed by atoms with Gasteiger partial charge in [-0.2, -0.15) is 0 Å². The molecule has 4 nitrogen and oxygen atoms in total. The van der Waals surface area contributed by atoms with Gasteiger partial charge in [0.15, 0.2) is 0 Å². The topological polar surface area (TPSA) is 33.7 Å². The van der Waals surface area contributed by atoms with Crippen LogP contribution in [0.2, 0.25) is 0 Å². The van der Waals surface area contributed by atoms with Gasteiger partial charge in [-0.05, 0) is 37.9 Å². The number of methoxy groups -OCH3 is 2. The Bertz CT molecular complexity index is 432. The summed E-state index contributed by atoms with van der Waals surface area (Å²) in [5.41, 5.74) is 1.20. The van der Waals surface area contributed by atoms with Gasteiger partial charge in [-0.3, -0.25) is 4.90 Å². The molecule has 1 aliphatic heterocycles. The van der Waals surface area contributed by atoms with E-state index in [0.29, 0.717) is 0 Å². The Morgan fingerprint density at radius 1 is 1.15 bits per heavy atom. The predicted octanol–water partition coefficient (Wildman–Crippen LogP) is 2.22. The van der Waals surface area contributed by atoms with Crippen LogP contribution in [0, 0.1) is 0 Å². The lowest BCUT2D eigenvalue weighted by Gasteiger charge is -2.22. The first-order chi connectivity index (χ1) is 9.78. The van der Waals surface area contributed by atoms with Crippen LogP contribution < -0.4 is 14.8 Å². The first kappa shape index (κ1) is 15.5. The van der Waals surface area contributed by atoms with Gasteiger partial charge in [0.1, 0.15) is 11.5 Å². The summed E-state index contributed by atoms with van der Waals surface area (Å²) in [6.07, 6.45) is 3.25. The molecule has 1 aromatic carbocycles. The molecule has 5 heteroatoms. The van der Waals surface area contributed by atoms with Crippen molar-refractivity contribution in [1.82, 2.24) is 10.2 Å². The lowest BCUT2D eigenvalue weighted by atomic mass is 10.1. The smallest absolute Gasteiger partial charge is 0.132 e. The largest absolute Gasteiger partial charge is 0.496 e. The lowest BCUT2D eigenvalue weighted by molar-refractivity contribution is 0.277. The van der Waals surface area contributed by atoms with Gasteiger partial charge in [-0.1, -0.05) is 0 Å². The number of hydrogen-bond donors (Lipinski definition) is 1. The fourth-order valence-corrected chi connectivity index (χ4v) is 3.09. The van der Waals surface area contributed by atoms with Crippen molar-refractivity contribution < 1.29 is 9.47 Å². The van der Waals surface area contributed by atoms with E-state index in [0.717, 1.165) is 49.1 Å². The van der Waals surface area contributed by atoms with E-state index in [1.807, 2.05) is 0 Å². The molecule has 112 valence electrons. The van der Waals surface area contributed by atoms with Crippen LogP contribution in [0.25, 0.3) is 0 Å². The van der Waals surface area contributed by atoms with E-state index in [1.54, 1.807) is 26.0 Å². The van der Waals surface area contributed by atoms with Crippen molar-refractivity contribution in [3.63, 3.8) is 0 Å². The molecule has 1 aromatic rings. The van der Waals surface area contributed by atoms with Crippen LogP contribution in [0.5, 0.6) is 11.5 Å². The summed E-state index contributed by atoms with van der Waals surface area (Å²) in [7, 11) is 3.46. The molecule has 1 heterocycles. The Morgan fingerprint density at radius 3 is 2.65 bits per heavy atom. The highest BCUT2D eigenvalue weighted by Gasteiger charge is 2.15. The third kappa shape index (κ3) is 3.81. The molecule has 0 radical (unpaired) electrons. The van der Waals surface area contributed by atoms with Crippen LogP contribution in [0.15, 0.2) is 17.0 Å². The van der Waals surface area contributed by atoms with Crippen molar-refractivity contribution in [2.24, 2.45) is 0 Å². The van der Waals surface area contributed by atoms with Crippen LogP contribution >= 0.6 is 11.8 Å². The van der Waals surface area contributed by atoms with Gasteiger partial charge >= 0.3 is 0 Å². The number of benzene rings is 1. The SMILES string of the molecule is COc1cc(SC)c(OC)cc1CN1CCCNCC1. The van der Waals surface area contributed by atoms with Crippen molar-refractivity contribution in [3.8, 4) is 11.5 Å². The van der Waals surface area contributed by atoms with Crippen LogP contribution in [0.1, 0.15) is 12.0 Å². The molecule has 1 N–H and O–H groups in total. The second-order valence-corrected chi connectivity index (χ2v) is 5.75. The van der Waals surface area contributed by atoms with E-state index in [4.69, 9.17) is 9.47 Å². The normalized spacial score (nSPS) is 16.8. The average molecular weight is 296 g/mol. The summed E-state index contributed by atoms with van der Waals surface area (Å²) in [5.74, 6) is 1.88. The zero-order valence-electron chi connectivity index (χ0n) is 12.6. The first-order valence-electron chi connectivity index (χ1n) is 7.00. The Labute approximate surface area is 125 Å². The van der Waals surface area contributed by atoms with Crippen LogP contribution in [-0.4, -0.2) is 51.6 Å². The number of hydrogen-bond acceptors (Lipinski definition) is 5. The summed E-state index contributed by atoms with van der Waals surface area (Å²) in [6, 6.07) is 4.19. The number of nitrogens with one attached hydrogen (secondary N) is 1. The maximum absolute atomic E-state index is 5.55. The molecule has 0 amide bonds. The van der Waals surface area contributed by atoms with Crippen molar-refractivity contribution in [1.29, 1.82) is 0 Å². The van der Waals surface area contributed by atoms with E-state index in [9.17, 15) is 0 Å². The maximum Gasteiger partial charge on any atom is 0.132 e. The molecular formula is C15H24N2O2S. The van der Waals surface area contributed by atoms with Crippen LogP contribution in [0.4, 0.5) is 0 Å². The standard InChI is InChI=1S/C15H24N2O2S/c1-18-13-10-15(20-3)14(19-2)9-12(13)11-17-7-4-5-16-6-8-17/h9-10,16H,4-8,11H2,1-3H3. The van der Waals surface area contributed by atoms with E-state index in [2.05, 4.69) is 28.6 Å². The summed E-state index contributed by atoms with van der Waals surface area (Å²) >= 11 is 1.68. The molecule has 0 unspecified atom stereocenters. The Morgan fingerprint density at radius 2 is 1.95 bits per heavy atom. The Balaban J connectivity index is 2.20. The van der Waals surface area contributed by atoms with Crippen molar-refractivity contribution in [2.45, 2.75) is 17.9 Å². The zero-order valence-corrected chi connectivity index (χ0v) is 13.4.